The molecule has 0 spiro atoms. The Kier molecular flexibility index (Phi) is 6.87. The molecule has 0 bridgehead atoms. The lowest BCUT2D eigenvalue weighted by Crippen LogP contribution is -2.44. The van der Waals surface area contributed by atoms with Gasteiger partial charge in [-0.1, -0.05) is 6.08 Å². The normalized spacial score (nSPS) is 16.9. The van der Waals surface area contributed by atoms with E-state index in [0.717, 1.165) is 44.1 Å². The van der Waals surface area contributed by atoms with Crippen LogP contribution < -0.4 is 20.1 Å². The van der Waals surface area contributed by atoms with Gasteiger partial charge in [0.15, 0.2) is 16.6 Å². The van der Waals surface area contributed by atoms with Crippen molar-refractivity contribution < 1.29 is 9.47 Å². The zero-order valence-electron chi connectivity index (χ0n) is 14.7. The van der Waals surface area contributed by atoms with Crippen molar-refractivity contribution in [3.63, 3.8) is 0 Å². The van der Waals surface area contributed by atoms with Gasteiger partial charge >= 0.3 is 0 Å². The third-order valence-electron chi connectivity index (χ3n) is 4.27. The van der Waals surface area contributed by atoms with Crippen molar-refractivity contribution in [2.24, 2.45) is 0 Å². The van der Waals surface area contributed by atoms with Crippen molar-refractivity contribution in [2.75, 3.05) is 40.4 Å². The van der Waals surface area contributed by atoms with Crippen molar-refractivity contribution in [3.05, 3.63) is 35.9 Å². The van der Waals surface area contributed by atoms with E-state index in [1.807, 2.05) is 13.0 Å². The Morgan fingerprint density at radius 2 is 2.04 bits per heavy atom. The molecule has 1 aliphatic heterocycles. The summed E-state index contributed by atoms with van der Waals surface area (Å²) in [5.41, 5.74) is 2.56. The molecule has 0 saturated carbocycles. The molecular formula is C18H27N3O2S. The number of thiocarbonyl (C=S) groups is 1. The van der Waals surface area contributed by atoms with Gasteiger partial charge in [0, 0.05) is 26.2 Å². The van der Waals surface area contributed by atoms with Gasteiger partial charge in [0.05, 0.1) is 20.3 Å². The fourth-order valence-electron chi connectivity index (χ4n) is 3.12. The second-order valence-corrected chi connectivity index (χ2v) is 6.10. The molecule has 6 heteroatoms. The van der Waals surface area contributed by atoms with Crippen LogP contribution in [-0.4, -0.2) is 50.4 Å². The minimum Gasteiger partial charge on any atom is -0.493 e. The van der Waals surface area contributed by atoms with Crippen LogP contribution in [0.3, 0.4) is 0 Å². The Labute approximate surface area is 150 Å². The number of fused-ring (bicyclic) bond motifs is 1. The monoisotopic (exact) mass is 349 g/mol. The van der Waals surface area contributed by atoms with Crippen LogP contribution in [-0.2, 0) is 6.42 Å². The Morgan fingerprint density at radius 1 is 1.33 bits per heavy atom. The van der Waals surface area contributed by atoms with Crippen LogP contribution in [0.4, 0.5) is 0 Å². The van der Waals surface area contributed by atoms with Gasteiger partial charge in [-0.2, -0.15) is 0 Å². The molecule has 1 aromatic carbocycles. The molecule has 0 amide bonds. The first-order valence-electron chi connectivity index (χ1n) is 8.26. The van der Waals surface area contributed by atoms with E-state index in [4.69, 9.17) is 21.7 Å². The first kappa shape index (κ1) is 18.5. The molecule has 0 aromatic heterocycles. The van der Waals surface area contributed by atoms with E-state index in [-0.39, 0.29) is 6.04 Å². The highest BCUT2D eigenvalue weighted by molar-refractivity contribution is 7.80. The van der Waals surface area contributed by atoms with E-state index in [1.54, 1.807) is 14.2 Å². The van der Waals surface area contributed by atoms with Crippen LogP contribution in [0.15, 0.2) is 24.8 Å². The van der Waals surface area contributed by atoms with Crippen LogP contribution in [0.5, 0.6) is 11.5 Å². The van der Waals surface area contributed by atoms with E-state index in [2.05, 4.69) is 34.2 Å². The summed E-state index contributed by atoms with van der Waals surface area (Å²) in [5, 5.41) is 7.14. The zero-order chi connectivity index (χ0) is 17.5. The van der Waals surface area contributed by atoms with E-state index < -0.39 is 0 Å². The second kappa shape index (κ2) is 8.89. The maximum absolute atomic E-state index is 5.49. The van der Waals surface area contributed by atoms with Gasteiger partial charge in [-0.3, -0.25) is 4.90 Å². The van der Waals surface area contributed by atoms with Gasteiger partial charge in [-0.15, -0.1) is 6.58 Å². The van der Waals surface area contributed by atoms with E-state index in [1.165, 1.54) is 11.1 Å². The fraction of sp³-hybridized carbons (Fsp3) is 0.500. The van der Waals surface area contributed by atoms with Crippen LogP contribution >= 0.6 is 12.2 Å². The molecule has 0 unspecified atom stereocenters. The molecule has 0 fully saturated rings. The highest BCUT2D eigenvalue weighted by Gasteiger charge is 2.28. The maximum atomic E-state index is 5.49. The summed E-state index contributed by atoms with van der Waals surface area (Å²) in [6.45, 7) is 9.29. The number of ether oxygens (including phenoxy) is 2. The molecule has 1 heterocycles. The van der Waals surface area contributed by atoms with Gasteiger partial charge in [-0.05, 0) is 48.8 Å². The third-order valence-corrected chi connectivity index (χ3v) is 4.56. The molecular weight excluding hydrogens is 322 g/mol. The van der Waals surface area contributed by atoms with Crippen molar-refractivity contribution in [1.82, 2.24) is 15.5 Å². The lowest BCUT2D eigenvalue weighted by molar-refractivity contribution is 0.205. The van der Waals surface area contributed by atoms with Gasteiger partial charge in [-0.25, -0.2) is 0 Å². The first-order valence-corrected chi connectivity index (χ1v) is 8.66. The minimum absolute atomic E-state index is 0.211. The number of rotatable bonds is 7. The number of methoxy groups -OCH3 is 2. The van der Waals surface area contributed by atoms with E-state index in [9.17, 15) is 0 Å². The zero-order valence-corrected chi connectivity index (χ0v) is 15.5. The molecule has 0 radical (unpaired) electrons. The third kappa shape index (κ3) is 4.19. The number of hydrogen-bond acceptors (Lipinski definition) is 4. The van der Waals surface area contributed by atoms with Crippen LogP contribution in [0.1, 0.15) is 24.1 Å². The van der Waals surface area contributed by atoms with Crippen molar-refractivity contribution >= 4 is 17.3 Å². The summed E-state index contributed by atoms with van der Waals surface area (Å²) in [4.78, 5) is 2.41. The quantitative estimate of drug-likeness (QED) is 0.582. The lowest BCUT2D eigenvalue weighted by Gasteiger charge is -2.37. The number of nitrogens with one attached hydrogen (secondary N) is 2. The Bertz CT molecular complexity index is 592. The molecule has 1 aromatic rings. The fourth-order valence-corrected chi connectivity index (χ4v) is 3.34. The molecule has 1 atom stereocenters. The lowest BCUT2D eigenvalue weighted by atomic mass is 9.91. The van der Waals surface area contributed by atoms with E-state index >= 15 is 0 Å². The highest BCUT2D eigenvalue weighted by Crippen LogP contribution is 2.37. The number of hydrogen-bond donors (Lipinski definition) is 2. The highest BCUT2D eigenvalue weighted by atomic mass is 32.1. The van der Waals surface area contributed by atoms with Crippen LogP contribution in [0.25, 0.3) is 0 Å². The molecule has 0 aliphatic carbocycles. The van der Waals surface area contributed by atoms with Crippen LogP contribution in [0.2, 0.25) is 0 Å². The number of nitrogens with zero attached hydrogens (tertiary/aromatic N) is 1. The summed E-state index contributed by atoms with van der Waals surface area (Å²) < 4.78 is 10.9. The smallest absolute Gasteiger partial charge is 0.166 e. The maximum Gasteiger partial charge on any atom is 0.166 e. The standard InChI is InChI=1S/C18H27N3O2S/c1-5-8-21-9-7-13-10-16(22-3)17(23-4)11-14(13)15(21)12-20-18(24)19-6-2/h5,10-11,15H,1,6-9,12H2,2-4H3,(H2,19,20,24)/t15-/m0/s1. The second-order valence-electron chi connectivity index (χ2n) is 5.70. The van der Waals surface area contributed by atoms with Gasteiger partial charge in [0.1, 0.15) is 0 Å². The van der Waals surface area contributed by atoms with Gasteiger partial charge in [0.2, 0.25) is 0 Å². The first-order chi connectivity index (χ1) is 11.6. The SMILES string of the molecule is C=CCN1CCc2cc(OC)c(OC)cc2[C@@H]1CNC(=S)NCC. The Morgan fingerprint density at radius 3 is 2.67 bits per heavy atom. The molecule has 2 N–H and O–H groups in total. The molecule has 5 nitrogen and oxygen atoms in total. The topological polar surface area (TPSA) is 45.8 Å². The van der Waals surface area contributed by atoms with E-state index in [0.29, 0.717) is 5.11 Å². The molecule has 24 heavy (non-hydrogen) atoms. The predicted molar refractivity (Wildman–Crippen MR) is 102 cm³/mol. The molecule has 132 valence electrons. The number of benzene rings is 1. The molecule has 2 rings (SSSR count). The van der Waals surface area contributed by atoms with Crippen molar-refractivity contribution in [2.45, 2.75) is 19.4 Å². The van der Waals surface area contributed by atoms with Gasteiger partial charge in [0.25, 0.3) is 0 Å². The van der Waals surface area contributed by atoms with Crippen molar-refractivity contribution in [1.29, 1.82) is 0 Å². The molecule has 0 saturated heterocycles. The largest absolute Gasteiger partial charge is 0.493 e. The van der Waals surface area contributed by atoms with Gasteiger partial charge < -0.3 is 20.1 Å². The average Bonchev–Trinajstić information content (AvgIpc) is 2.59. The van der Waals surface area contributed by atoms with Crippen LogP contribution in [0, 0.1) is 0 Å². The van der Waals surface area contributed by atoms with Crippen molar-refractivity contribution in [3.8, 4) is 11.5 Å². The summed E-state index contributed by atoms with van der Waals surface area (Å²) in [7, 11) is 3.34. The summed E-state index contributed by atoms with van der Waals surface area (Å²) in [6, 6.07) is 4.39. The minimum atomic E-state index is 0.211. The Hall–Kier alpha value is -1.79. The Balaban J connectivity index is 2.30. The summed E-state index contributed by atoms with van der Waals surface area (Å²) >= 11 is 5.31. The summed E-state index contributed by atoms with van der Waals surface area (Å²) in [6.07, 6.45) is 2.93. The average molecular weight is 350 g/mol. The summed E-state index contributed by atoms with van der Waals surface area (Å²) in [5.74, 6) is 1.54. The predicted octanol–water partition coefficient (Wildman–Crippen LogP) is 2.27. The molecule has 1 aliphatic rings.